The van der Waals surface area contributed by atoms with E-state index in [1.54, 1.807) is 13.8 Å². The van der Waals surface area contributed by atoms with Crippen LogP contribution in [0.5, 0.6) is 0 Å². The van der Waals surface area contributed by atoms with Gasteiger partial charge in [0, 0.05) is 3.57 Å². The van der Waals surface area contributed by atoms with Gasteiger partial charge in [0.15, 0.2) is 9.84 Å². The Balaban J connectivity index is 2.67. The third-order valence-electron chi connectivity index (χ3n) is 4.64. The molecule has 0 radical (unpaired) electrons. The predicted octanol–water partition coefficient (Wildman–Crippen LogP) is 3.42. The molecule has 1 N–H and O–H groups in total. The van der Waals surface area contributed by atoms with Gasteiger partial charge in [-0.3, -0.25) is 9.59 Å². The molecule has 0 aliphatic carbocycles. The number of carbonyl (C=O) groups is 2. The first-order valence-electron chi connectivity index (χ1n) is 8.85. The Morgan fingerprint density at radius 3 is 2.52 bits per heavy atom. The second-order valence-corrected chi connectivity index (χ2v) is 10.4. The summed E-state index contributed by atoms with van der Waals surface area (Å²) >= 11 is 2.15. The summed E-state index contributed by atoms with van der Waals surface area (Å²) in [5, 5.41) is 9.75. The molecule has 1 rings (SSSR count). The van der Waals surface area contributed by atoms with Crippen LogP contribution in [0.3, 0.4) is 0 Å². The summed E-state index contributed by atoms with van der Waals surface area (Å²) in [6, 6.07) is 7.42. The van der Waals surface area contributed by atoms with E-state index in [-0.39, 0.29) is 18.3 Å². The highest BCUT2D eigenvalue weighted by atomic mass is 127. The lowest BCUT2D eigenvalue weighted by atomic mass is 9.77. The number of rotatable bonds is 11. The molecule has 0 bridgehead atoms. The molecule has 6 nitrogen and oxygen atoms in total. The Hall–Kier alpha value is -1.16. The van der Waals surface area contributed by atoms with Crippen LogP contribution >= 0.6 is 22.6 Å². The Morgan fingerprint density at radius 1 is 1.30 bits per heavy atom. The summed E-state index contributed by atoms with van der Waals surface area (Å²) in [6.45, 7) is 5.37. The van der Waals surface area contributed by atoms with Crippen LogP contribution < -0.4 is 0 Å². The molecule has 0 aromatic heterocycles. The number of esters is 1. The average Bonchev–Trinajstić information content (AvgIpc) is 2.57. The fourth-order valence-corrected chi connectivity index (χ4v) is 4.61. The van der Waals surface area contributed by atoms with Gasteiger partial charge >= 0.3 is 11.9 Å². The van der Waals surface area contributed by atoms with Crippen LogP contribution in [0.1, 0.15) is 45.6 Å². The van der Waals surface area contributed by atoms with Gasteiger partial charge in [-0.2, -0.15) is 0 Å². The van der Waals surface area contributed by atoms with E-state index in [2.05, 4.69) is 27.3 Å². The molecule has 1 aromatic carbocycles. The van der Waals surface area contributed by atoms with Crippen LogP contribution in [-0.2, 0) is 29.6 Å². The first-order valence-corrected chi connectivity index (χ1v) is 11.8. The van der Waals surface area contributed by atoms with Crippen molar-refractivity contribution in [2.45, 2.75) is 45.4 Å². The Bertz CT molecular complexity index is 761. The molecule has 8 heteroatoms. The molecular formula is C19H27IO6S. The highest BCUT2D eigenvalue weighted by Crippen LogP contribution is 2.32. The summed E-state index contributed by atoms with van der Waals surface area (Å²) < 4.78 is 29.6. The van der Waals surface area contributed by atoms with E-state index in [1.165, 1.54) is 0 Å². The zero-order chi connectivity index (χ0) is 20.7. The molecular weight excluding hydrogens is 483 g/mol. The molecule has 0 saturated heterocycles. The number of carboxylic acids is 1. The van der Waals surface area contributed by atoms with Gasteiger partial charge < -0.3 is 9.84 Å². The third-order valence-corrected chi connectivity index (χ3v) is 6.84. The van der Waals surface area contributed by atoms with Crippen molar-refractivity contribution in [1.29, 1.82) is 0 Å². The molecule has 2 unspecified atom stereocenters. The minimum absolute atomic E-state index is 0.0171. The fourth-order valence-electron chi connectivity index (χ4n) is 2.72. The van der Waals surface area contributed by atoms with Crippen molar-refractivity contribution in [1.82, 2.24) is 0 Å². The van der Waals surface area contributed by atoms with E-state index in [0.717, 1.165) is 9.13 Å². The smallest absolute Gasteiger partial charge is 0.321 e. The van der Waals surface area contributed by atoms with Crippen LogP contribution in [-0.4, -0.2) is 43.6 Å². The van der Waals surface area contributed by atoms with Gasteiger partial charge in [-0.25, -0.2) is 8.42 Å². The number of ether oxygens (including phenoxy) is 1. The number of hydrogen-bond acceptors (Lipinski definition) is 5. The number of hydrogen-bond donors (Lipinski definition) is 1. The van der Waals surface area contributed by atoms with Crippen molar-refractivity contribution < 1.29 is 27.9 Å². The average molecular weight is 510 g/mol. The van der Waals surface area contributed by atoms with E-state index in [1.807, 2.05) is 31.2 Å². The standard InChI is InChI=1S/C19H27IO6S/c1-4-26-17(21)13-27(24,25)11-9-14(2)8-10-19(3,18(22)23)15-6-5-7-16(20)12-15/h5-7,12,14H,4,8-11,13H2,1-3H3,(H,22,23). The summed E-state index contributed by atoms with van der Waals surface area (Å²) in [7, 11) is -3.52. The number of sulfone groups is 1. The first-order chi connectivity index (χ1) is 12.5. The highest BCUT2D eigenvalue weighted by molar-refractivity contribution is 14.1. The largest absolute Gasteiger partial charge is 0.481 e. The lowest BCUT2D eigenvalue weighted by Crippen LogP contribution is -2.33. The van der Waals surface area contributed by atoms with Crippen LogP contribution in [0.4, 0.5) is 0 Å². The molecule has 1 aromatic rings. The molecule has 0 amide bonds. The van der Waals surface area contributed by atoms with Crippen molar-refractivity contribution in [3.8, 4) is 0 Å². The molecule has 2 atom stereocenters. The minimum Gasteiger partial charge on any atom is -0.481 e. The van der Waals surface area contributed by atoms with Crippen molar-refractivity contribution in [2.24, 2.45) is 5.92 Å². The minimum atomic E-state index is -3.52. The van der Waals surface area contributed by atoms with Crippen molar-refractivity contribution in [2.75, 3.05) is 18.1 Å². The fraction of sp³-hybridized carbons (Fsp3) is 0.579. The predicted molar refractivity (Wildman–Crippen MR) is 112 cm³/mol. The van der Waals surface area contributed by atoms with Gasteiger partial charge in [0.05, 0.1) is 17.8 Å². The number of aliphatic carboxylic acids is 1. The van der Waals surface area contributed by atoms with E-state index in [9.17, 15) is 23.1 Å². The van der Waals surface area contributed by atoms with E-state index >= 15 is 0 Å². The summed E-state index contributed by atoms with van der Waals surface area (Å²) in [5.74, 6) is -2.33. The Kier molecular flexibility index (Phi) is 9.20. The van der Waals surface area contributed by atoms with Crippen LogP contribution in [0, 0.1) is 9.49 Å². The molecule has 0 saturated carbocycles. The van der Waals surface area contributed by atoms with Gasteiger partial charge in [0.2, 0.25) is 0 Å². The summed E-state index contributed by atoms with van der Waals surface area (Å²) in [6.07, 6.45) is 1.36. The third kappa shape index (κ3) is 7.77. The Morgan fingerprint density at radius 2 is 1.96 bits per heavy atom. The molecule has 0 aliphatic rings. The van der Waals surface area contributed by atoms with Crippen molar-refractivity contribution in [3.63, 3.8) is 0 Å². The highest BCUT2D eigenvalue weighted by Gasteiger charge is 2.35. The Labute approximate surface area is 174 Å². The zero-order valence-corrected chi connectivity index (χ0v) is 18.9. The number of carboxylic acid groups (broad SMARTS) is 1. The lowest BCUT2D eigenvalue weighted by molar-refractivity contribution is -0.143. The van der Waals surface area contributed by atoms with E-state index in [4.69, 9.17) is 0 Å². The van der Waals surface area contributed by atoms with Gasteiger partial charge in [0.25, 0.3) is 0 Å². The zero-order valence-electron chi connectivity index (χ0n) is 15.9. The van der Waals surface area contributed by atoms with Gasteiger partial charge in [-0.05, 0) is 79.3 Å². The summed E-state index contributed by atoms with van der Waals surface area (Å²) in [4.78, 5) is 23.2. The first kappa shape index (κ1) is 23.9. The molecule has 0 spiro atoms. The van der Waals surface area contributed by atoms with Crippen LogP contribution in [0.2, 0.25) is 0 Å². The molecule has 152 valence electrons. The van der Waals surface area contributed by atoms with Gasteiger partial charge in [-0.15, -0.1) is 0 Å². The van der Waals surface area contributed by atoms with Gasteiger partial charge in [-0.1, -0.05) is 19.1 Å². The van der Waals surface area contributed by atoms with Gasteiger partial charge in [0.1, 0.15) is 5.75 Å². The second-order valence-electron chi connectivity index (χ2n) is 6.98. The summed E-state index contributed by atoms with van der Waals surface area (Å²) in [5.41, 5.74) is -0.289. The second kappa shape index (κ2) is 10.4. The van der Waals surface area contributed by atoms with Crippen molar-refractivity contribution >= 4 is 44.4 Å². The van der Waals surface area contributed by atoms with E-state index in [0.29, 0.717) is 19.3 Å². The molecule has 0 aliphatic heterocycles. The maximum absolute atomic E-state index is 12.0. The van der Waals surface area contributed by atoms with Crippen LogP contribution in [0.25, 0.3) is 0 Å². The maximum Gasteiger partial charge on any atom is 0.321 e. The maximum atomic E-state index is 12.0. The van der Waals surface area contributed by atoms with Crippen molar-refractivity contribution in [3.05, 3.63) is 33.4 Å². The quantitative estimate of drug-likeness (QED) is 0.362. The number of benzene rings is 1. The normalized spacial score (nSPS) is 15.0. The SMILES string of the molecule is CCOC(=O)CS(=O)(=O)CCC(C)CCC(C)(C(=O)O)c1cccc(I)c1. The number of halogens is 1. The van der Waals surface area contributed by atoms with E-state index < -0.39 is 32.9 Å². The monoisotopic (exact) mass is 510 g/mol. The molecule has 0 fully saturated rings. The van der Waals surface area contributed by atoms with Crippen LogP contribution in [0.15, 0.2) is 24.3 Å². The molecule has 27 heavy (non-hydrogen) atoms. The number of carbonyl (C=O) groups excluding carboxylic acids is 1. The lowest BCUT2D eigenvalue weighted by Gasteiger charge is -2.27. The topological polar surface area (TPSA) is 97.7 Å². The molecule has 0 heterocycles.